The van der Waals surface area contributed by atoms with Crippen molar-refractivity contribution in [3.63, 3.8) is 0 Å². The standard InChI is InChI=1S/C17H35NO2S/c1-15(2,3)14-7-9-17(13-18,10-8-14)11-12-21(19,20)16(4,5)6/h14H,7-13,18H2,1-6H3. The third-order valence-electron chi connectivity index (χ3n) is 5.54. The molecule has 1 aliphatic carbocycles. The fourth-order valence-electron chi connectivity index (χ4n) is 3.31. The van der Waals surface area contributed by atoms with Crippen molar-refractivity contribution in [1.29, 1.82) is 0 Å². The zero-order valence-corrected chi connectivity index (χ0v) is 15.6. The van der Waals surface area contributed by atoms with Crippen LogP contribution in [0.1, 0.15) is 73.6 Å². The fourth-order valence-corrected chi connectivity index (χ4v) is 4.62. The summed E-state index contributed by atoms with van der Waals surface area (Å²) in [4.78, 5) is 0. The van der Waals surface area contributed by atoms with E-state index in [1.807, 2.05) is 0 Å². The van der Waals surface area contributed by atoms with Gasteiger partial charge in [-0.15, -0.1) is 0 Å². The third kappa shape index (κ3) is 4.69. The van der Waals surface area contributed by atoms with Gasteiger partial charge >= 0.3 is 0 Å². The first-order valence-corrected chi connectivity index (χ1v) is 9.91. The molecule has 0 aromatic heterocycles. The lowest BCUT2D eigenvalue weighted by Crippen LogP contribution is -2.40. The molecule has 2 N–H and O–H groups in total. The predicted molar refractivity (Wildman–Crippen MR) is 91.1 cm³/mol. The van der Waals surface area contributed by atoms with Crippen LogP contribution in [0.5, 0.6) is 0 Å². The summed E-state index contributed by atoms with van der Waals surface area (Å²) in [5, 5.41) is 0. The highest BCUT2D eigenvalue weighted by Crippen LogP contribution is 2.46. The molecular formula is C17H35NO2S. The Bertz CT molecular complexity index is 432. The van der Waals surface area contributed by atoms with Gasteiger partial charge in [0, 0.05) is 0 Å². The molecule has 1 aliphatic rings. The lowest BCUT2D eigenvalue weighted by Gasteiger charge is -2.44. The van der Waals surface area contributed by atoms with E-state index in [1.54, 1.807) is 20.8 Å². The van der Waals surface area contributed by atoms with Crippen LogP contribution in [0.15, 0.2) is 0 Å². The fraction of sp³-hybridized carbons (Fsp3) is 1.00. The molecule has 126 valence electrons. The van der Waals surface area contributed by atoms with Crippen molar-refractivity contribution in [1.82, 2.24) is 0 Å². The number of hydrogen-bond donors (Lipinski definition) is 1. The van der Waals surface area contributed by atoms with E-state index in [-0.39, 0.29) is 11.2 Å². The van der Waals surface area contributed by atoms with Crippen LogP contribution < -0.4 is 5.73 Å². The molecule has 1 rings (SSSR count). The molecule has 0 radical (unpaired) electrons. The highest BCUT2D eigenvalue weighted by atomic mass is 32.2. The van der Waals surface area contributed by atoms with Gasteiger partial charge in [-0.2, -0.15) is 0 Å². The Morgan fingerprint density at radius 1 is 1.05 bits per heavy atom. The molecule has 1 saturated carbocycles. The first-order chi connectivity index (χ1) is 9.33. The second kappa shape index (κ2) is 6.19. The van der Waals surface area contributed by atoms with E-state index in [4.69, 9.17) is 5.73 Å². The quantitative estimate of drug-likeness (QED) is 0.858. The third-order valence-corrected chi connectivity index (χ3v) is 8.15. The average molecular weight is 318 g/mol. The summed E-state index contributed by atoms with van der Waals surface area (Å²) in [5.74, 6) is 1.00. The molecule has 0 aromatic rings. The lowest BCUT2D eigenvalue weighted by atomic mass is 9.63. The monoisotopic (exact) mass is 317 g/mol. The van der Waals surface area contributed by atoms with Gasteiger partial charge in [-0.1, -0.05) is 20.8 Å². The Balaban J connectivity index is 2.69. The summed E-state index contributed by atoms with van der Waals surface area (Å²) >= 11 is 0. The lowest BCUT2D eigenvalue weighted by molar-refractivity contribution is 0.0902. The van der Waals surface area contributed by atoms with Crippen molar-refractivity contribution >= 4 is 9.84 Å². The summed E-state index contributed by atoms with van der Waals surface area (Å²) in [5.41, 5.74) is 6.42. The molecule has 0 amide bonds. The molecule has 0 spiro atoms. The molecule has 1 fully saturated rings. The number of hydrogen-bond acceptors (Lipinski definition) is 3. The molecule has 0 saturated heterocycles. The van der Waals surface area contributed by atoms with Gasteiger partial charge in [0.1, 0.15) is 0 Å². The van der Waals surface area contributed by atoms with Crippen molar-refractivity contribution in [2.24, 2.45) is 22.5 Å². The van der Waals surface area contributed by atoms with Crippen molar-refractivity contribution in [3.8, 4) is 0 Å². The van der Waals surface area contributed by atoms with Crippen LogP contribution in [0.4, 0.5) is 0 Å². The maximum atomic E-state index is 12.3. The van der Waals surface area contributed by atoms with E-state index in [2.05, 4.69) is 20.8 Å². The molecule has 0 bridgehead atoms. The second-order valence-electron chi connectivity index (χ2n) is 9.03. The van der Waals surface area contributed by atoms with Crippen molar-refractivity contribution < 1.29 is 8.42 Å². The zero-order valence-electron chi connectivity index (χ0n) is 14.8. The van der Waals surface area contributed by atoms with Crippen LogP contribution in [0.2, 0.25) is 0 Å². The van der Waals surface area contributed by atoms with Crippen LogP contribution in [0.3, 0.4) is 0 Å². The maximum Gasteiger partial charge on any atom is 0.155 e. The van der Waals surface area contributed by atoms with E-state index in [0.29, 0.717) is 12.0 Å². The van der Waals surface area contributed by atoms with Gasteiger partial charge in [-0.25, -0.2) is 8.42 Å². The molecule has 21 heavy (non-hydrogen) atoms. The zero-order chi connectivity index (χ0) is 16.5. The van der Waals surface area contributed by atoms with Crippen LogP contribution in [-0.2, 0) is 9.84 Å². The first kappa shape index (κ1) is 19.0. The number of nitrogens with two attached hydrogens (primary N) is 1. The maximum absolute atomic E-state index is 12.3. The minimum Gasteiger partial charge on any atom is -0.330 e. The average Bonchev–Trinajstić information content (AvgIpc) is 2.34. The molecule has 0 atom stereocenters. The van der Waals surface area contributed by atoms with E-state index >= 15 is 0 Å². The van der Waals surface area contributed by atoms with Gasteiger partial charge in [0.2, 0.25) is 0 Å². The normalized spacial score (nSPS) is 28.6. The van der Waals surface area contributed by atoms with E-state index in [9.17, 15) is 8.42 Å². The minimum atomic E-state index is -3.04. The largest absolute Gasteiger partial charge is 0.330 e. The van der Waals surface area contributed by atoms with Crippen LogP contribution in [-0.4, -0.2) is 25.5 Å². The Morgan fingerprint density at radius 2 is 1.52 bits per heavy atom. The Hall–Kier alpha value is -0.0900. The van der Waals surface area contributed by atoms with Gasteiger partial charge in [0.15, 0.2) is 9.84 Å². The van der Waals surface area contributed by atoms with Gasteiger partial charge in [0.05, 0.1) is 10.5 Å². The predicted octanol–water partition coefficient (Wildman–Crippen LogP) is 3.77. The van der Waals surface area contributed by atoms with Gasteiger partial charge in [-0.3, -0.25) is 0 Å². The highest BCUT2D eigenvalue weighted by molar-refractivity contribution is 7.92. The molecule has 4 heteroatoms. The Morgan fingerprint density at radius 3 is 1.86 bits per heavy atom. The Labute approximate surface area is 132 Å². The van der Waals surface area contributed by atoms with Crippen molar-refractivity contribution in [2.75, 3.05) is 12.3 Å². The Kier molecular flexibility index (Phi) is 5.59. The SMILES string of the molecule is CC(C)(C)C1CCC(CN)(CCS(=O)(=O)C(C)(C)C)CC1. The van der Waals surface area contributed by atoms with Crippen LogP contribution in [0, 0.1) is 16.7 Å². The summed E-state index contributed by atoms with van der Waals surface area (Å²) in [6.45, 7) is 12.9. The molecular weight excluding hydrogens is 282 g/mol. The summed E-state index contributed by atoms with van der Waals surface area (Å²) in [6, 6.07) is 0. The molecule has 0 unspecified atom stereocenters. The summed E-state index contributed by atoms with van der Waals surface area (Å²) in [6.07, 6.45) is 5.22. The van der Waals surface area contributed by atoms with Crippen LogP contribution in [0.25, 0.3) is 0 Å². The van der Waals surface area contributed by atoms with Crippen molar-refractivity contribution in [3.05, 3.63) is 0 Å². The van der Waals surface area contributed by atoms with E-state index < -0.39 is 14.6 Å². The van der Waals surface area contributed by atoms with Gasteiger partial charge in [-0.05, 0) is 76.2 Å². The van der Waals surface area contributed by atoms with Gasteiger partial charge in [0.25, 0.3) is 0 Å². The topological polar surface area (TPSA) is 60.2 Å². The number of rotatable bonds is 4. The molecule has 0 heterocycles. The number of sulfone groups is 1. The first-order valence-electron chi connectivity index (χ1n) is 8.25. The summed E-state index contributed by atoms with van der Waals surface area (Å²) in [7, 11) is -3.04. The molecule has 0 aliphatic heterocycles. The van der Waals surface area contributed by atoms with Crippen molar-refractivity contribution in [2.45, 2.75) is 78.4 Å². The molecule has 3 nitrogen and oxygen atoms in total. The van der Waals surface area contributed by atoms with Gasteiger partial charge < -0.3 is 5.73 Å². The smallest absolute Gasteiger partial charge is 0.155 e. The minimum absolute atomic E-state index is 0.0417. The van der Waals surface area contributed by atoms with E-state index in [1.165, 1.54) is 12.8 Å². The molecule has 0 aromatic carbocycles. The summed E-state index contributed by atoms with van der Waals surface area (Å²) < 4.78 is 24.0. The second-order valence-corrected chi connectivity index (χ2v) is 11.9. The highest BCUT2D eigenvalue weighted by Gasteiger charge is 2.39. The van der Waals surface area contributed by atoms with E-state index in [0.717, 1.165) is 25.2 Å². The van der Waals surface area contributed by atoms with Crippen LogP contribution >= 0.6 is 0 Å².